The second kappa shape index (κ2) is 13.5. The zero-order chi connectivity index (χ0) is 33.9. The highest BCUT2D eigenvalue weighted by Gasteiger charge is 2.27. The van der Waals surface area contributed by atoms with Crippen molar-refractivity contribution < 1.29 is 4.74 Å². The average Bonchev–Trinajstić information content (AvgIpc) is 3.53. The Labute approximate surface area is 293 Å². The van der Waals surface area contributed by atoms with Crippen molar-refractivity contribution in [2.75, 3.05) is 0 Å². The van der Waals surface area contributed by atoms with Gasteiger partial charge in [0.25, 0.3) is 0 Å². The molecule has 3 heteroatoms. The molecule has 1 aliphatic rings. The molecule has 0 spiro atoms. The van der Waals surface area contributed by atoms with Crippen LogP contribution in [0.4, 0.5) is 0 Å². The van der Waals surface area contributed by atoms with Gasteiger partial charge in [-0.3, -0.25) is 5.41 Å². The second-order valence-electron chi connectivity index (χ2n) is 12.4. The predicted octanol–water partition coefficient (Wildman–Crippen LogP) is 12.0. The Bertz CT molecular complexity index is 2350. The Morgan fingerprint density at radius 2 is 0.880 bits per heavy atom. The normalized spacial score (nSPS) is 13.5. The molecule has 0 bridgehead atoms. The van der Waals surface area contributed by atoms with Crippen molar-refractivity contribution in [2.24, 2.45) is 4.99 Å². The molecule has 0 saturated carbocycles. The maximum absolute atomic E-state index is 8.93. The van der Waals surface area contributed by atoms with Gasteiger partial charge in [0.15, 0.2) is 5.76 Å². The van der Waals surface area contributed by atoms with Gasteiger partial charge in [-0.2, -0.15) is 0 Å². The second-order valence-corrected chi connectivity index (χ2v) is 12.4. The number of hydrogen-bond acceptors (Lipinski definition) is 3. The van der Waals surface area contributed by atoms with Crippen LogP contribution < -0.4 is 4.74 Å². The van der Waals surface area contributed by atoms with E-state index < -0.39 is 0 Å². The summed E-state index contributed by atoms with van der Waals surface area (Å²) in [6, 6.07) is 62.9. The molecule has 0 saturated heterocycles. The van der Waals surface area contributed by atoms with Crippen LogP contribution in [0, 0.1) is 5.41 Å². The van der Waals surface area contributed by atoms with Crippen LogP contribution >= 0.6 is 0 Å². The molecule has 0 atom stereocenters. The van der Waals surface area contributed by atoms with Crippen molar-refractivity contribution in [3.8, 4) is 50.3 Å². The summed E-state index contributed by atoms with van der Waals surface area (Å²) < 4.78 is 6.24. The molecule has 1 heterocycles. The van der Waals surface area contributed by atoms with Gasteiger partial charge in [-0.1, -0.05) is 140 Å². The zero-order valence-electron chi connectivity index (χ0n) is 27.7. The van der Waals surface area contributed by atoms with E-state index in [1.165, 1.54) is 27.8 Å². The van der Waals surface area contributed by atoms with Gasteiger partial charge < -0.3 is 4.74 Å². The molecule has 0 radical (unpaired) electrons. The highest BCUT2D eigenvalue weighted by atomic mass is 16.5. The summed E-state index contributed by atoms with van der Waals surface area (Å²) in [5.41, 5.74) is 13.8. The van der Waals surface area contributed by atoms with E-state index >= 15 is 0 Å². The Kier molecular flexibility index (Phi) is 8.30. The quantitative estimate of drug-likeness (QED) is 0.173. The third-order valence-corrected chi connectivity index (χ3v) is 9.09. The van der Waals surface area contributed by atoms with E-state index in [1.54, 1.807) is 0 Å². The zero-order valence-corrected chi connectivity index (χ0v) is 27.7. The van der Waals surface area contributed by atoms with E-state index in [9.17, 15) is 0 Å². The molecule has 238 valence electrons. The van der Waals surface area contributed by atoms with Crippen LogP contribution in [-0.2, 0) is 0 Å². The molecule has 8 rings (SSSR count). The number of hydrogen-bond donors (Lipinski definition) is 1. The Balaban J connectivity index is 1.17. The topological polar surface area (TPSA) is 45.4 Å². The number of benzene rings is 7. The van der Waals surface area contributed by atoms with Crippen molar-refractivity contribution in [3.63, 3.8) is 0 Å². The molecular weight excluding hydrogens is 609 g/mol. The fourth-order valence-electron chi connectivity index (χ4n) is 6.48. The van der Waals surface area contributed by atoms with Crippen LogP contribution in [-0.4, -0.2) is 11.4 Å². The van der Waals surface area contributed by atoms with Crippen molar-refractivity contribution >= 4 is 17.1 Å². The van der Waals surface area contributed by atoms with E-state index in [0.717, 1.165) is 39.1 Å². The van der Waals surface area contributed by atoms with E-state index in [1.807, 2.05) is 61.5 Å². The average molecular weight is 643 g/mol. The highest BCUT2D eigenvalue weighted by molar-refractivity contribution is 6.18. The first kappa shape index (κ1) is 30.7. The maximum atomic E-state index is 8.93. The molecule has 0 unspecified atom stereocenters. The highest BCUT2D eigenvalue weighted by Crippen LogP contribution is 2.37. The first-order chi connectivity index (χ1) is 24.6. The number of aliphatic imine (C=N–C) groups is 1. The molecule has 0 fully saturated rings. The third-order valence-electron chi connectivity index (χ3n) is 9.09. The van der Waals surface area contributed by atoms with Crippen molar-refractivity contribution in [1.82, 2.24) is 0 Å². The summed E-state index contributed by atoms with van der Waals surface area (Å²) >= 11 is 0. The lowest BCUT2D eigenvalue weighted by Crippen LogP contribution is -2.05. The van der Waals surface area contributed by atoms with Gasteiger partial charge in [0.1, 0.15) is 17.2 Å². The smallest absolute Gasteiger partial charge is 0.179 e. The number of nitrogens with zero attached hydrogens (tertiary/aromatic N) is 1. The summed E-state index contributed by atoms with van der Waals surface area (Å²) in [5, 5.41) is 8.93. The largest absolute Gasteiger partial charge is 0.452 e. The van der Waals surface area contributed by atoms with Gasteiger partial charge in [-0.15, -0.1) is 0 Å². The number of fused-ring (bicyclic) bond motifs is 1. The standard InChI is InChI=1S/C47H34N2O/c1-32(49-46(35-19-9-4-10-20-35)47-45(48)43-25-11-12-26-44(43)50-47)36-21-13-22-37(27-36)38-23-14-24-39(28-38)42-30-40(33-15-5-2-6-16-33)29-41(31-42)34-17-7-3-8-18-34/h2-31,48H,1H3/b47-46+,48-45?,49-32+. The van der Waals surface area contributed by atoms with Gasteiger partial charge in [-0.25, -0.2) is 4.99 Å². The first-order valence-corrected chi connectivity index (χ1v) is 16.8. The molecule has 0 aromatic heterocycles. The van der Waals surface area contributed by atoms with E-state index in [0.29, 0.717) is 22.9 Å². The molecule has 0 aliphatic carbocycles. The van der Waals surface area contributed by atoms with Crippen molar-refractivity contribution in [1.29, 1.82) is 5.41 Å². The van der Waals surface area contributed by atoms with Gasteiger partial charge in [0.2, 0.25) is 0 Å². The lowest BCUT2D eigenvalue weighted by Gasteiger charge is -2.13. The summed E-state index contributed by atoms with van der Waals surface area (Å²) in [4.78, 5) is 5.14. The number of allylic oxidation sites excluding steroid dienone is 1. The minimum atomic E-state index is 0.341. The predicted molar refractivity (Wildman–Crippen MR) is 208 cm³/mol. The van der Waals surface area contributed by atoms with Crippen LogP contribution in [0.3, 0.4) is 0 Å². The number of nitrogens with one attached hydrogen (secondary N) is 1. The maximum Gasteiger partial charge on any atom is 0.179 e. The monoisotopic (exact) mass is 642 g/mol. The van der Waals surface area contributed by atoms with Crippen molar-refractivity contribution in [3.05, 3.63) is 204 Å². The molecule has 1 N–H and O–H groups in total. The molecule has 1 aliphatic heterocycles. The Morgan fingerprint density at radius 3 is 1.50 bits per heavy atom. The minimum absolute atomic E-state index is 0.341. The molecule has 7 aromatic carbocycles. The summed E-state index contributed by atoms with van der Waals surface area (Å²) in [6.07, 6.45) is 0. The number of rotatable bonds is 7. The van der Waals surface area contributed by atoms with Crippen LogP contribution in [0.25, 0.3) is 50.2 Å². The van der Waals surface area contributed by atoms with Gasteiger partial charge in [-0.05, 0) is 99.5 Å². The fraction of sp³-hybridized carbons (Fsp3) is 0.0213. The fourth-order valence-corrected chi connectivity index (χ4v) is 6.48. The number of ether oxygens (including phenoxy) is 1. The SMILES string of the molecule is C/C(=N\C(=C1\Oc2ccccc2C1=N)c1ccccc1)c1cccc(-c2cccc(-c3cc(-c4ccccc4)cc(-c4ccccc4)c3)c2)c1. The lowest BCUT2D eigenvalue weighted by atomic mass is 9.92. The Morgan fingerprint density at radius 1 is 0.440 bits per heavy atom. The summed E-state index contributed by atoms with van der Waals surface area (Å²) in [6.45, 7) is 2.02. The van der Waals surface area contributed by atoms with E-state index in [-0.39, 0.29) is 0 Å². The van der Waals surface area contributed by atoms with Crippen LogP contribution in [0.5, 0.6) is 5.75 Å². The first-order valence-electron chi connectivity index (χ1n) is 16.8. The molecular formula is C47H34N2O. The van der Waals surface area contributed by atoms with Gasteiger partial charge >= 0.3 is 0 Å². The molecule has 0 amide bonds. The van der Waals surface area contributed by atoms with E-state index in [4.69, 9.17) is 15.1 Å². The Hall–Kier alpha value is -6.58. The van der Waals surface area contributed by atoms with Gasteiger partial charge in [0, 0.05) is 16.8 Å². The lowest BCUT2D eigenvalue weighted by molar-refractivity contribution is 0.470. The van der Waals surface area contributed by atoms with Crippen molar-refractivity contribution in [2.45, 2.75) is 6.92 Å². The molecule has 7 aromatic rings. The van der Waals surface area contributed by atoms with Crippen LogP contribution in [0.2, 0.25) is 0 Å². The molecule has 50 heavy (non-hydrogen) atoms. The number of para-hydroxylation sites is 1. The van der Waals surface area contributed by atoms with Gasteiger partial charge in [0.05, 0.1) is 0 Å². The minimum Gasteiger partial charge on any atom is -0.452 e. The summed E-state index contributed by atoms with van der Waals surface area (Å²) in [7, 11) is 0. The van der Waals surface area contributed by atoms with E-state index in [2.05, 4.69) is 127 Å². The van der Waals surface area contributed by atoms with Crippen LogP contribution in [0.1, 0.15) is 23.6 Å². The van der Waals surface area contributed by atoms with Crippen LogP contribution in [0.15, 0.2) is 193 Å². The summed E-state index contributed by atoms with van der Waals surface area (Å²) in [5.74, 6) is 1.15. The molecule has 3 nitrogen and oxygen atoms in total. The third kappa shape index (κ3) is 6.21.